The van der Waals surface area contributed by atoms with Crippen LogP contribution in [0.4, 0.5) is 0 Å². The average Bonchev–Trinajstić information content (AvgIpc) is 2.73. The fourth-order valence-corrected chi connectivity index (χ4v) is 3.35. The maximum atomic E-state index is 6.09. The van der Waals surface area contributed by atoms with Crippen molar-refractivity contribution >= 4 is 29.9 Å². The van der Waals surface area contributed by atoms with E-state index in [-0.39, 0.29) is 24.0 Å². The summed E-state index contributed by atoms with van der Waals surface area (Å²) in [6.45, 7) is 9.46. The normalized spacial score (nSPS) is 15.7. The Morgan fingerprint density at radius 2 is 1.86 bits per heavy atom. The third kappa shape index (κ3) is 11.8. The molecule has 0 aliphatic carbocycles. The highest BCUT2D eigenvalue weighted by atomic mass is 127. The smallest absolute Gasteiger partial charge is 0.191 e. The standard InChI is InChI=1S/C22H38N4O2.HI/c1-3-23-22(24-13-7-17-27-2)25-14-8-18-28-21-11-15-26(16-12-21)19-20-9-5-4-6-10-20;/h4-6,9-10,21H,3,7-8,11-19H2,1-2H3,(H2,23,24,25);1H. The van der Waals surface area contributed by atoms with E-state index in [1.807, 2.05) is 0 Å². The second-order valence-corrected chi connectivity index (χ2v) is 7.22. The van der Waals surface area contributed by atoms with Gasteiger partial charge < -0.3 is 20.1 Å². The third-order valence-electron chi connectivity index (χ3n) is 4.87. The highest BCUT2D eigenvalue weighted by Gasteiger charge is 2.19. The molecule has 0 radical (unpaired) electrons. The van der Waals surface area contributed by atoms with Crippen LogP contribution >= 0.6 is 24.0 Å². The zero-order chi connectivity index (χ0) is 19.9. The summed E-state index contributed by atoms with van der Waals surface area (Å²) >= 11 is 0. The maximum Gasteiger partial charge on any atom is 0.191 e. The first-order valence-corrected chi connectivity index (χ1v) is 10.7. The summed E-state index contributed by atoms with van der Waals surface area (Å²) < 4.78 is 11.2. The van der Waals surface area contributed by atoms with Crippen molar-refractivity contribution in [2.45, 2.75) is 45.3 Å². The lowest BCUT2D eigenvalue weighted by Gasteiger charge is -2.32. The van der Waals surface area contributed by atoms with E-state index >= 15 is 0 Å². The number of guanidine groups is 1. The van der Waals surface area contributed by atoms with Gasteiger partial charge in [-0.1, -0.05) is 30.3 Å². The van der Waals surface area contributed by atoms with Gasteiger partial charge in [-0.05, 0) is 38.2 Å². The van der Waals surface area contributed by atoms with Crippen molar-refractivity contribution in [3.8, 4) is 0 Å². The summed E-state index contributed by atoms with van der Waals surface area (Å²) in [6.07, 6.45) is 4.60. The largest absolute Gasteiger partial charge is 0.385 e. The second-order valence-electron chi connectivity index (χ2n) is 7.22. The predicted molar refractivity (Wildman–Crippen MR) is 131 cm³/mol. The highest BCUT2D eigenvalue weighted by Crippen LogP contribution is 2.16. The van der Waals surface area contributed by atoms with Gasteiger partial charge in [0, 0.05) is 59.6 Å². The van der Waals surface area contributed by atoms with Crippen LogP contribution in [0, 0.1) is 0 Å². The summed E-state index contributed by atoms with van der Waals surface area (Å²) in [5.41, 5.74) is 1.40. The van der Waals surface area contributed by atoms with Crippen molar-refractivity contribution < 1.29 is 9.47 Å². The van der Waals surface area contributed by atoms with Crippen LogP contribution in [0.2, 0.25) is 0 Å². The SMILES string of the molecule is CCNC(=NCCCOC)NCCCOC1CCN(Cc2ccccc2)CC1.I. The monoisotopic (exact) mass is 518 g/mol. The van der Waals surface area contributed by atoms with Gasteiger partial charge in [0.25, 0.3) is 0 Å². The number of halogens is 1. The Kier molecular flexibility index (Phi) is 15.2. The molecule has 0 atom stereocenters. The van der Waals surface area contributed by atoms with Crippen LogP contribution in [-0.2, 0) is 16.0 Å². The molecule has 6 nitrogen and oxygen atoms in total. The van der Waals surface area contributed by atoms with Crippen LogP contribution in [-0.4, -0.2) is 70.0 Å². The minimum Gasteiger partial charge on any atom is -0.385 e. The Balaban J connectivity index is 0.00000420. The fraction of sp³-hybridized carbons (Fsp3) is 0.682. The van der Waals surface area contributed by atoms with E-state index in [1.54, 1.807) is 7.11 Å². The van der Waals surface area contributed by atoms with Crippen LogP contribution in [0.15, 0.2) is 35.3 Å². The topological polar surface area (TPSA) is 58.1 Å². The number of hydrogen-bond acceptors (Lipinski definition) is 4. The van der Waals surface area contributed by atoms with E-state index in [4.69, 9.17) is 9.47 Å². The molecule has 0 spiro atoms. The molecule has 29 heavy (non-hydrogen) atoms. The summed E-state index contributed by atoms with van der Waals surface area (Å²) in [7, 11) is 1.72. The van der Waals surface area contributed by atoms with E-state index < -0.39 is 0 Å². The molecule has 2 N–H and O–H groups in total. The summed E-state index contributed by atoms with van der Waals surface area (Å²) in [4.78, 5) is 7.08. The van der Waals surface area contributed by atoms with Gasteiger partial charge in [-0.25, -0.2) is 0 Å². The van der Waals surface area contributed by atoms with Gasteiger partial charge in [0.1, 0.15) is 0 Å². The Labute approximate surface area is 193 Å². The first-order valence-electron chi connectivity index (χ1n) is 10.7. The zero-order valence-electron chi connectivity index (χ0n) is 18.1. The Morgan fingerprint density at radius 1 is 1.10 bits per heavy atom. The Hall–Kier alpha value is -0.900. The van der Waals surface area contributed by atoms with Gasteiger partial charge in [-0.15, -0.1) is 24.0 Å². The van der Waals surface area contributed by atoms with Gasteiger partial charge in [-0.3, -0.25) is 9.89 Å². The van der Waals surface area contributed by atoms with Crippen molar-refractivity contribution in [1.82, 2.24) is 15.5 Å². The van der Waals surface area contributed by atoms with Crippen molar-refractivity contribution in [2.24, 2.45) is 4.99 Å². The van der Waals surface area contributed by atoms with Crippen LogP contribution in [0.25, 0.3) is 0 Å². The highest BCUT2D eigenvalue weighted by molar-refractivity contribution is 14.0. The number of benzene rings is 1. The molecule has 1 aromatic rings. The number of piperidine rings is 1. The molecule has 0 amide bonds. The number of aliphatic imine (C=N–C) groups is 1. The van der Waals surface area contributed by atoms with Crippen molar-refractivity contribution in [3.05, 3.63) is 35.9 Å². The molecule has 1 heterocycles. The maximum absolute atomic E-state index is 6.09. The minimum atomic E-state index is 0. The molecule has 166 valence electrons. The molecule has 0 aromatic heterocycles. The van der Waals surface area contributed by atoms with E-state index in [0.29, 0.717) is 6.10 Å². The van der Waals surface area contributed by atoms with E-state index in [1.165, 1.54) is 5.56 Å². The number of rotatable bonds is 12. The van der Waals surface area contributed by atoms with Gasteiger partial charge in [0.05, 0.1) is 6.10 Å². The van der Waals surface area contributed by atoms with E-state index in [9.17, 15) is 0 Å². The number of likely N-dealkylation sites (tertiary alicyclic amines) is 1. The number of ether oxygens (including phenoxy) is 2. The van der Waals surface area contributed by atoms with Gasteiger partial charge in [0.2, 0.25) is 0 Å². The number of nitrogens with zero attached hydrogens (tertiary/aromatic N) is 2. The summed E-state index contributed by atoms with van der Waals surface area (Å²) in [5, 5.41) is 6.66. The Bertz CT molecular complexity index is 537. The summed E-state index contributed by atoms with van der Waals surface area (Å²) in [5.74, 6) is 0.882. The zero-order valence-corrected chi connectivity index (χ0v) is 20.4. The molecule has 7 heteroatoms. The quantitative estimate of drug-likeness (QED) is 0.193. The van der Waals surface area contributed by atoms with Crippen molar-refractivity contribution in [1.29, 1.82) is 0 Å². The van der Waals surface area contributed by atoms with Crippen LogP contribution < -0.4 is 10.6 Å². The first kappa shape index (κ1) is 26.1. The lowest BCUT2D eigenvalue weighted by molar-refractivity contribution is 0.00534. The number of nitrogens with one attached hydrogen (secondary N) is 2. The Morgan fingerprint density at radius 3 is 2.55 bits per heavy atom. The van der Waals surface area contributed by atoms with Crippen LogP contribution in [0.3, 0.4) is 0 Å². The molecule has 2 rings (SSSR count). The van der Waals surface area contributed by atoms with Gasteiger partial charge in [-0.2, -0.15) is 0 Å². The van der Waals surface area contributed by atoms with E-state index in [0.717, 1.165) is 84.1 Å². The van der Waals surface area contributed by atoms with E-state index in [2.05, 4.69) is 57.8 Å². The lowest BCUT2D eigenvalue weighted by atomic mass is 10.1. The number of methoxy groups -OCH3 is 1. The van der Waals surface area contributed by atoms with Crippen LogP contribution in [0.1, 0.15) is 38.2 Å². The summed E-state index contributed by atoms with van der Waals surface area (Å²) in [6, 6.07) is 10.7. The molecule has 1 aliphatic heterocycles. The van der Waals surface area contributed by atoms with Crippen molar-refractivity contribution in [3.63, 3.8) is 0 Å². The fourth-order valence-electron chi connectivity index (χ4n) is 3.35. The second kappa shape index (κ2) is 16.8. The molecule has 0 bridgehead atoms. The molecule has 1 saturated heterocycles. The molecule has 1 aromatic carbocycles. The minimum absolute atomic E-state index is 0. The first-order chi connectivity index (χ1) is 13.8. The molecular formula is C22H39IN4O2. The number of hydrogen-bond donors (Lipinski definition) is 2. The lowest BCUT2D eigenvalue weighted by Crippen LogP contribution is -2.39. The van der Waals surface area contributed by atoms with Crippen LogP contribution in [0.5, 0.6) is 0 Å². The molecule has 1 aliphatic rings. The average molecular weight is 518 g/mol. The molecule has 0 saturated carbocycles. The molecule has 1 fully saturated rings. The molecular weight excluding hydrogens is 479 g/mol. The van der Waals surface area contributed by atoms with Crippen molar-refractivity contribution in [2.75, 3.05) is 53.0 Å². The third-order valence-corrected chi connectivity index (χ3v) is 4.87. The molecule has 0 unspecified atom stereocenters. The van der Waals surface area contributed by atoms with Gasteiger partial charge in [0.15, 0.2) is 5.96 Å². The van der Waals surface area contributed by atoms with Gasteiger partial charge >= 0.3 is 0 Å². The predicted octanol–water partition coefficient (Wildman–Crippen LogP) is 3.27.